The third-order valence-corrected chi connectivity index (χ3v) is 5.67. The fraction of sp³-hybridized carbons (Fsp3) is 0.278. The molecule has 1 saturated heterocycles. The molecular formula is C18H17N3O3S. The molecule has 0 saturated carbocycles. The number of aliphatic carboxylic acids is 1. The number of carbonyl (C=O) groups excluding carboxylic acids is 1. The lowest BCUT2D eigenvalue weighted by Crippen LogP contribution is -2.31. The molecule has 6 nitrogen and oxygen atoms in total. The van der Waals surface area contributed by atoms with Crippen molar-refractivity contribution < 1.29 is 14.7 Å². The van der Waals surface area contributed by atoms with Gasteiger partial charge in [-0.25, -0.2) is 4.98 Å². The maximum atomic E-state index is 12.7. The van der Waals surface area contributed by atoms with Crippen molar-refractivity contribution in [2.45, 2.75) is 12.3 Å². The number of hydrogen-bond donors (Lipinski definition) is 1. The minimum absolute atomic E-state index is 0.0434. The second-order valence-corrected chi connectivity index (χ2v) is 7.08. The minimum atomic E-state index is -0.850. The Morgan fingerprint density at radius 3 is 2.80 bits per heavy atom. The molecule has 0 aliphatic carbocycles. The van der Waals surface area contributed by atoms with E-state index in [4.69, 9.17) is 0 Å². The van der Waals surface area contributed by atoms with Crippen LogP contribution in [0.1, 0.15) is 17.2 Å². The molecule has 2 atom stereocenters. The predicted molar refractivity (Wildman–Crippen MR) is 93.7 cm³/mol. The fourth-order valence-electron chi connectivity index (χ4n) is 3.46. The molecule has 7 heteroatoms. The monoisotopic (exact) mass is 355 g/mol. The van der Waals surface area contributed by atoms with Crippen LogP contribution >= 0.6 is 11.3 Å². The number of carbonyl (C=O) groups is 2. The van der Waals surface area contributed by atoms with Crippen LogP contribution in [0.5, 0.6) is 0 Å². The van der Waals surface area contributed by atoms with Crippen molar-refractivity contribution in [3.05, 3.63) is 59.4 Å². The Morgan fingerprint density at radius 1 is 1.24 bits per heavy atom. The lowest BCUT2D eigenvalue weighted by molar-refractivity contribution is -0.141. The third kappa shape index (κ3) is 2.91. The zero-order valence-corrected chi connectivity index (χ0v) is 14.2. The molecule has 4 rings (SSSR count). The zero-order chi connectivity index (χ0) is 17.4. The smallest absolute Gasteiger partial charge is 0.308 e. The number of aromatic nitrogens is 2. The summed E-state index contributed by atoms with van der Waals surface area (Å²) in [6.45, 7) is 0.696. The molecule has 3 heterocycles. The molecule has 128 valence electrons. The van der Waals surface area contributed by atoms with Gasteiger partial charge in [0, 0.05) is 42.5 Å². The normalized spacial score (nSPS) is 20.2. The second kappa shape index (κ2) is 6.33. The number of nitrogens with zero attached hydrogens (tertiary/aromatic N) is 3. The average Bonchev–Trinajstić information content (AvgIpc) is 3.32. The van der Waals surface area contributed by atoms with E-state index >= 15 is 0 Å². The Balaban J connectivity index is 1.53. The molecule has 0 radical (unpaired) electrons. The number of likely N-dealkylation sites (tertiary alicyclic amines) is 1. The highest BCUT2D eigenvalue weighted by Gasteiger charge is 2.40. The molecule has 2 aromatic heterocycles. The van der Waals surface area contributed by atoms with Crippen LogP contribution in [-0.2, 0) is 16.0 Å². The van der Waals surface area contributed by atoms with Gasteiger partial charge < -0.3 is 10.0 Å². The summed E-state index contributed by atoms with van der Waals surface area (Å²) in [6, 6.07) is 9.58. The van der Waals surface area contributed by atoms with Crippen molar-refractivity contribution in [3.63, 3.8) is 0 Å². The topological polar surface area (TPSA) is 74.9 Å². The third-order valence-electron chi connectivity index (χ3n) is 4.77. The summed E-state index contributed by atoms with van der Waals surface area (Å²) in [6.07, 6.45) is 3.80. The van der Waals surface area contributed by atoms with Gasteiger partial charge >= 0.3 is 5.97 Å². The van der Waals surface area contributed by atoms with E-state index in [-0.39, 0.29) is 24.8 Å². The summed E-state index contributed by atoms with van der Waals surface area (Å²) >= 11 is 1.49. The van der Waals surface area contributed by atoms with E-state index in [1.165, 1.54) is 11.3 Å². The van der Waals surface area contributed by atoms with Gasteiger partial charge in [-0.1, -0.05) is 30.3 Å². The molecule has 0 bridgehead atoms. The summed E-state index contributed by atoms with van der Waals surface area (Å²) in [4.78, 5) is 31.1. The Kier molecular flexibility index (Phi) is 4.01. The van der Waals surface area contributed by atoms with Crippen LogP contribution in [0.15, 0.2) is 48.1 Å². The first kappa shape index (κ1) is 15.8. The lowest BCUT2D eigenvalue weighted by atomic mass is 9.89. The van der Waals surface area contributed by atoms with Crippen LogP contribution in [0, 0.1) is 5.92 Å². The first-order valence-electron chi connectivity index (χ1n) is 8.08. The first-order valence-corrected chi connectivity index (χ1v) is 8.96. The van der Waals surface area contributed by atoms with Crippen molar-refractivity contribution in [2.24, 2.45) is 5.92 Å². The van der Waals surface area contributed by atoms with E-state index in [0.29, 0.717) is 6.54 Å². The molecule has 25 heavy (non-hydrogen) atoms. The van der Waals surface area contributed by atoms with Crippen LogP contribution in [-0.4, -0.2) is 44.4 Å². The van der Waals surface area contributed by atoms with E-state index in [1.54, 1.807) is 11.1 Å². The highest BCUT2D eigenvalue weighted by Crippen LogP contribution is 2.33. The van der Waals surface area contributed by atoms with Crippen molar-refractivity contribution in [1.29, 1.82) is 0 Å². The number of fused-ring (bicyclic) bond motifs is 1. The summed E-state index contributed by atoms with van der Waals surface area (Å²) in [5, 5.41) is 11.5. The van der Waals surface area contributed by atoms with E-state index in [9.17, 15) is 14.7 Å². The standard InChI is InChI=1S/C18H17N3O3S/c22-16(8-13-11-25-18-19-6-7-21(13)18)20-9-14(15(10-20)17(23)24)12-4-2-1-3-5-12/h1-7,11,14-15H,8-10H2,(H,23,24). The first-order chi connectivity index (χ1) is 12.1. The van der Waals surface area contributed by atoms with Gasteiger partial charge in [-0.05, 0) is 5.56 Å². The molecule has 1 amide bonds. The Bertz CT molecular complexity index is 918. The number of rotatable bonds is 4. The van der Waals surface area contributed by atoms with E-state index in [0.717, 1.165) is 16.2 Å². The zero-order valence-electron chi connectivity index (χ0n) is 13.4. The number of carboxylic acid groups (broad SMARTS) is 1. The van der Waals surface area contributed by atoms with Gasteiger partial charge in [-0.2, -0.15) is 0 Å². The van der Waals surface area contributed by atoms with E-state index in [2.05, 4.69) is 4.98 Å². The van der Waals surface area contributed by atoms with Crippen LogP contribution in [0.4, 0.5) is 0 Å². The summed E-state index contributed by atoms with van der Waals surface area (Å²) in [7, 11) is 0. The maximum Gasteiger partial charge on any atom is 0.308 e. The van der Waals surface area contributed by atoms with Crippen LogP contribution in [0.3, 0.4) is 0 Å². The van der Waals surface area contributed by atoms with Crippen molar-refractivity contribution >= 4 is 28.2 Å². The summed E-state index contributed by atoms with van der Waals surface area (Å²) < 4.78 is 1.90. The van der Waals surface area contributed by atoms with E-state index in [1.807, 2.05) is 46.3 Å². The van der Waals surface area contributed by atoms with Gasteiger partial charge in [-0.3, -0.25) is 14.0 Å². The second-order valence-electron chi connectivity index (χ2n) is 6.24. The molecule has 1 aromatic carbocycles. The lowest BCUT2D eigenvalue weighted by Gasteiger charge is -2.16. The van der Waals surface area contributed by atoms with Crippen molar-refractivity contribution in [1.82, 2.24) is 14.3 Å². The SMILES string of the molecule is O=C(O)C1CN(C(=O)Cc2csc3nccn23)CC1c1ccccc1. The number of hydrogen-bond acceptors (Lipinski definition) is 4. The quantitative estimate of drug-likeness (QED) is 0.779. The number of amides is 1. The Labute approximate surface area is 148 Å². The fourth-order valence-corrected chi connectivity index (χ4v) is 4.31. The van der Waals surface area contributed by atoms with Gasteiger partial charge in [0.25, 0.3) is 0 Å². The van der Waals surface area contributed by atoms with Crippen LogP contribution in [0.25, 0.3) is 4.96 Å². The minimum Gasteiger partial charge on any atom is -0.481 e. The van der Waals surface area contributed by atoms with Gasteiger partial charge in [-0.15, -0.1) is 11.3 Å². The maximum absolute atomic E-state index is 12.7. The number of imidazole rings is 1. The molecule has 1 aliphatic rings. The molecule has 0 spiro atoms. The van der Waals surface area contributed by atoms with Crippen molar-refractivity contribution in [3.8, 4) is 0 Å². The molecule has 2 unspecified atom stereocenters. The van der Waals surface area contributed by atoms with Crippen LogP contribution in [0.2, 0.25) is 0 Å². The predicted octanol–water partition coefficient (Wildman–Crippen LogP) is 2.27. The highest BCUT2D eigenvalue weighted by atomic mass is 32.1. The molecule has 3 aromatic rings. The largest absolute Gasteiger partial charge is 0.481 e. The van der Waals surface area contributed by atoms with Gasteiger partial charge in [0.05, 0.1) is 12.3 Å². The van der Waals surface area contributed by atoms with E-state index < -0.39 is 11.9 Å². The Morgan fingerprint density at radius 2 is 2.04 bits per heavy atom. The van der Waals surface area contributed by atoms with Gasteiger partial charge in [0.15, 0.2) is 4.96 Å². The van der Waals surface area contributed by atoms with Crippen molar-refractivity contribution in [2.75, 3.05) is 13.1 Å². The number of carboxylic acids is 1. The van der Waals surface area contributed by atoms with Gasteiger partial charge in [0.2, 0.25) is 5.91 Å². The molecule has 1 aliphatic heterocycles. The summed E-state index contributed by atoms with van der Waals surface area (Å²) in [5.74, 6) is -1.63. The molecular weight excluding hydrogens is 338 g/mol. The molecule has 1 fully saturated rings. The average molecular weight is 355 g/mol. The highest BCUT2D eigenvalue weighted by molar-refractivity contribution is 7.15. The van der Waals surface area contributed by atoms with Crippen LogP contribution < -0.4 is 0 Å². The Hall–Kier alpha value is -2.67. The van der Waals surface area contributed by atoms with Gasteiger partial charge in [0.1, 0.15) is 0 Å². The number of thiazole rings is 1. The number of benzene rings is 1. The summed E-state index contributed by atoms with van der Waals surface area (Å²) in [5.41, 5.74) is 1.86. The molecule has 1 N–H and O–H groups in total.